The van der Waals surface area contributed by atoms with Crippen molar-refractivity contribution in [1.29, 1.82) is 0 Å². The van der Waals surface area contributed by atoms with E-state index in [9.17, 15) is 14.0 Å². The summed E-state index contributed by atoms with van der Waals surface area (Å²) in [5.74, 6) is -0.575. The number of fused-ring (bicyclic) bond motifs is 1. The van der Waals surface area contributed by atoms with Crippen LogP contribution in [-0.4, -0.2) is 15.8 Å². The minimum Gasteiger partial charge on any atom is -0.306 e. The van der Waals surface area contributed by atoms with Crippen molar-refractivity contribution in [2.24, 2.45) is 0 Å². The lowest BCUT2D eigenvalue weighted by molar-refractivity contribution is 0.251. The average Bonchev–Trinajstić information content (AvgIpc) is 2.81. The SMILES string of the molecule is O=C(Nc1ccc(F)c(Cl)c1)n1[nH]c(=O)c2ccccc21. The van der Waals surface area contributed by atoms with E-state index >= 15 is 0 Å². The maximum Gasteiger partial charge on any atom is 0.345 e. The molecule has 5 nitrogen and oxygen atoms in total. The molecule has 3 aromatic rings. The number of carbonyl (C=O) groups is 1. The lowest BCUT2D eigenvalue weighted by Gasteiger charge is -2.07. The predicted octanol–water partition coefficient (Wildman–Crippen LogP) is 3.20. The molecule has 7 heteroatoms. The zero-order valence-corrected chi connectivity index (χ0v) is 11.3. The van der Waals surface area contributed by atoms with Crippen LogP contribution in [0.2, 0.25) is 5.02 Å². The summed E-state index contributed by atoms with van der Waals surface area (Å²) < 4.78 is 14.2. The topological polar surface area (TPSA) is 66.9 Å². The highest BCUT2D eigenvalue weighted by atomic mass is 35.5. The Morgan fingerprint density at radius 1 is 1.24 bits per heavy atom. The summed E-state index contributed by atoms with van der Waals surface area (Å²) in [4.78, 5) is 23.9. The number of anilines is 1. The summed E-state index contributed by atoms with van der Waals surface area (Å²) in [5, 5.41) is 5.28. The van der Waals surface area contributed by atoms with E-state index in [4.69, 9.17) is 11.6 Å². The molecule has 0 unspecified atom stereocenters. The van der Waals surface area contributed by atoms with Gasteiger partial charge < -0.3 is 5.32 Å². The van der Waals surface area contributed by atoms with Crippen LogP contribution in [0.25, 0.3) is 10.9 Å². The smallest absolute Gasteiger partial charge is 0.306 e. The van der Waals surface area contributed by atoms with Crippen molar-refractivity contribution < 1.29 is 9.18 Å². The summed E-state index contributed by atoms with van der Waals surface area (Å²) in [6.45, 7) is 0. The Balaban J connectivity index is 1.97. The second-order valence-electron chi connectivity index (χ2n) is 4.35. The van der Waals surface area contributed by atoms with Gasteiger partial charge in [0.25, 0.3) is 5.56 Å². The van der Waals surface area contributed by atoms with Crippen LogP contribution in [0.4, 0.5) is 14.9 Å². The molecule has 0 atom stereocenters. The van der Waals surface area contributed by atoms with Gasteiger partial charge in [-0.25, -0.2) is 13.9 Å². The van der Waals surface area contributed by atoms with Crippen LogP contribution in [0.15, 0.2) is 47.3 Å². The second-order valence-corrected chi connectivity index (χ2v) is 4.76. The number of para-hydroxylation sites is 1. The number of hydrogen-bond acceptors (Lipinski definition) is 2. The Bertz CT molecular complexity index is 901. The Labute approximate surface area is 122 Å². The third-order valence-electron chi connectivity index (χ3n) is 2.98. The molecule has 0 fully saturated rings. The van der Waals surface area contributed by atoms with Gasteiger partial charge in [0.2, 0.25) is 0 Å². The number of amides is 1. The number of H-pyrrole nitrogens is 1. The summed E-state index contributed by atoms with van der Waals surface area (Å²) in [7, 11) is 0. The van der Waals surface area contributed by atoms with Gasteiger partial charge in [0.05, 0.1) is 15.9 Å². The van der Waals surface area contributed by atoms with Crippen molar-refractivity contribution in [1.82, 2.24) is 9.78 Å². The van der Waals surface area contributed by atoms with Crippen molar-refractivity contribution >= 4 is 34.2 Å². The molecule has 1 heterocycles. The number of aromatic nitrogens is 2. The normalized spacial score (nSPS) is 10.8. The molecule has 1 aromatic heterocycles. The molecule has 0 spiro atoms. The standard InChI is InChI=1S/C14H9ClFN3O2/c15-10-7-8(5-6-11(10)16)17-14(21)19-12-4-2-1-3-9(12)13(20)18-19/h1-7H,(H,17,21)(H,18,20). The molecule has 0 saturated carbocycles. The van der Waals surface area contributed by atoms with E-state index in [1.807, 2.05) is 0 Å². The average molecular weight is 306 g/mol. The first kappa shape index (κ1) is 13.4. The number of nitrogens with zero attached hydrogens (tertiary/aromatic N) is 1. The van der Waals surface area contributed by atoms with Crippen LogP contribution < -0.4 is 10.9 Å². The third kappa shape index (κ3) is 2.41. The van der Waals surface area contributed by atoms with Gasteiger partial charge in [-0.3, -0.25) is 9.89 Å². The maximum absolute atomic E-state index is 13.1. The van der Waals surface area contributed by atoms with E-state index in [2.05, 4.69) is 10.4 Å². The first-order chi connectivity index (χ1) is 10.1. The Morgan fingerprint density at radius 3 is 2.76 bits per heavy atom. The van der Waals surface area contributed by atoms with Crippen molar-refractivity contribution in [2.75, 3.05) is 5.32 Å². The molecule has 106 valence electrons. The quantitative estimate of drug-likeness (QED) is 0.725. The molecular weight excluding hydrogens is 297 g/mol. The fourth-order valence-electron chi connectivity index (χ4n) is 2.00. The van der Waals surface area contributed by atoms with Gasteiger partial charge in [-0.1, -0.05) is 23.7 Å². The molecule has 0 aliphatic heterocycles. The number of halogens is 2. The van der Waals surface area contributed by atoms with Crippen molar-refractivity contribution in [3.05, 3.63) is 63.7 Å². The van der Waals surface area contributed by atoms with Crippen LogP contribution >= 0.6 is 11.6 Å². The highest BCUT2D eigenvalue weighted by molar-refractivity contribution is 6.31. The van der Waals surface area contributed by atoms with Crippen LogP contribution in [-0.2, 0) is 0 Å². The molecule has 0 saturated heterocycles. The van der Waals surface area contributed by atoms with Gasteiger partial charge in [0.15, 0.2) is 0 Å². The molecule has 2 N–H and O–H groups in total. The number of nitrogens with one attached hydrogen (secondary N) is 2. The molecule has 21 heavy (non-hydrogen) atoms. The summed E-state index contributed by atoms with van der Waals surface area (Å²) in [6.07, 6.45) is 0. The van der Waals surface area contributed by atoms with E-state index in [0.717, 1.165) is 10.7 Å². The van der Waals surface area contributed by atoms with Gasteiger partial charge in [0.1, 0.15) is 5.82 Å². The molecule has 0 aliphatic rings. The number of hydrogen-bond donors (Lipinski definition) is 2. The fraction of sp³-hybridized carbons (Fsp3) is 0. The lowest BCUT2D eigenvalue weighted by atomic mass is 10.2. The van der Waals surface area contributed by atoms with Gasteiger partial charge >= 0.3 is 6.03 Å². The Morgan fingerprint density at radius 2 is 2.00 bits per heavy atom. The number of carbonyl (C=O) groups excluding carboxylic acids is 1. The highest BCUT2D eigenvalue weighted by Crippen LogP contribution is 2.19. The Kier molecular flexibility index (Phi) is 3.23. The van der Waals surface area contributed by atoms with Crippen molar-refractivity contribution in [2.45, 2.75) is 0 Å². The summed E-state index contributed by atoms with van der Waals surface area (Å²) >= 11 is 5.65. The summed E-state index contributed by atoms with van der Waals surface area (Å²) in [6, 6.07) is 9.93. The van der Waals surface area contributed by atoms with Crippen LogP contribution in [0.1, 0.15) is 0 Å². The monoisotopic (exact) mass is 305 g/mol. The highest BCUT2D eigenvalue weighted by Gasteiger charge is 2.12. The minimum atomic E-state index is -0.575. The zero-order chi connectivity index (χ0) is 15.0. The molecule has 3 rings (SSSR count). The van der Waals surface area contributed by atoms with Crippen molar-refractivity contribution in [3.8, 4) is 0 Å². The molecule has 0 radical (unpaired) electrons. The second kappa shape index (κ2) is 5.06. The number of aromatic amines is 1. The van der Waals surface area contributed by atoms with E-state index in [1.54, 1.807) is 24.3 Å². The number of benzene rings is 2. The van der Waals surface area contributed by atoms with E-state index in [0.29, 0.717) is 16.6 Å². The maximum atomic E-state index is 13.1. The van der Waals surface area contributed by atoms with Gasteiger partial charge in [0, 0.05) is 5.69 Å². The van der Waals surface area contributed by atoms with Gasteiger partial charge in [-0.2, -0.15) is 0 Å². The van der Waals surface area contributed by atoms with Gasteiger partial charge in [-0.05, 0) is 30.3 Å². The van der Waals surface area contributed by atoms with E-state index < -0.39 is 11.8 Å². The number of rotatable bonds is 1. The van der Waals surface area contributed by atoms with Crippen LogP contribution in [0.5, 0.6) is 0 Å². The molecule has 0 bridgehead atoms. The summed E-state index contributed by atoms with van der Waals surface area (Å²) in [5.41, 5.74) is 0.413. The molecule has 2 aromatic carbocycles. The molecule has 1 amide bonds. The predicted molar refractivity (Wildman–Crippen MR) is 78.4 cm³/mol. The zero-order valence-electron chi connectivity index (χ0n) is 10.6. The van der Waals surface area contributed by atoms with Gasteiger partial charge in [-0.15, -0.1) is 0 Å². The first-order valence-electron chi connectivity index (χ1n) is 6.02. The third-order valence-corrected chi connectivity index (χ3v) is 3.27. The van der Waals surface area contributed by atoms with E-state index in [1.165, 1.54) is 12.1 Å². The lowest BCUT2D eigenvalue weighted by Crippen LogP contribution is -2.22. The minimum absolute atomic E-state index is 0.0985. The van der Waals surface area contributed by atoms with Crippen LogP contribution in [0.3, 0.4) is 0 Å². The molecular formula is C14H9ClFN3O2. The van der Waals surface area contributed by atoms with E-state index in [-0.39, 0.29) is 10.6 Å². The Hall–Kier alpha value is -2.60. The van der Waals surface area contributed by atoms with Crippen molar-refractivity contribution in [3.63, 3.8) is 0 Å². The largest absolute Gasteiger partial charge is 0.345 e. The fourth-order valence-corrected chi connectivity index (χ4v) is 2.18. The molecule has 0 aliphatic carbocycles. The first-order valence-corrected chi connectivity index (χ1v) is 6.40. The van der Waals surface area contributed by atoms with Crippen LogP contribution in [0, 0.1) is 5.82 Å².